The van der Waals surface area contributed by atoms with Crippen LogP contribution in [0, 0.1) is 5.92 Å². The zero-order valence-electron chi connectivity index (χ0n) is 9.95. The number of hydrogen-bond acceptors (Lipinski definition) is 2. The van der Waals surface area contributed by atoms with Gasteiger partial charge in [-0.3, -0.25) is 0 Å². The van der Waals surface area contributed by atoms with Crippen molar-refractivity contribution in [3.8, 4) is 5.75 Å². The molecule has 1 aliphatic carbocycles. The van der Waals surface area contributed by atoms with E-state index in [9.17, 15) is 5.11 Å². The van der Waals surface area contributed by atoms with E-state index in [0.717, 1.165) is 19.0 Å². The molecule has 2 nitrogen and oxygen atoms in total. The maximum absolute atomic E-state index is 9.19. The normalized spacial score (nSPS) is 18.1. The van der Waals surface area contributed by atoms with Crippen molar-refractivity contribution in [2.75, 3.05) is 6.54 Å². The molecule has 0 bridgehead atoms. The lowest BCUT2D eigenvalue weighted by Crippen LogP contribution is -2.38. The molecule has 2 heteroatoms. The van der Waals surface area contributed by atoms with E-state index in [1.807, 2.05) is 12.1 Å². The Labute approximate surface area is 97.7 Å². The Hall–Kier alpha value is -1.02. The standard InChI is InChI=1S/C14H21NO/c1-11(10-15-13-3-2-4-13)9-12-5-7-14(16)8-6-12/h5-8,11,13,15-16H,2-4,9-10H2,1H3. The second kappa shape index (κ2) is 5.35. The lowest BCUT2D eigenvalue weighted by Gasteiger charge is -2.28. The van der Waals surface area contributed by atoms with Gasteiger partial charge in [0.1, 0.15) is 5.75 Å². The molecule has 1 atom stereocenters. The second-order valence-corrected chi connectivity index (χ2v) is 5.01. The van der Waals surface area contributed by atoms with E-state index in [2.05, 4.69) is 12.2 Å². The van der Waals surface area contributed by atoms with Gasteiger partial charge in [-0.1, -0.05) is 25.5 Å². The minimum Gasteiger partial charge on any atom is -0.508 e. The molecule has 16 heavy (non-hydrogen) atoms. The van der Waals surface area contributed by atoms with Crippen LogP contribution in [0.4, 0.5) is 0 Å². The fourth-order valence-electron chi connectivity index (χ4n) is 2.09. The van der Waals surface area contributed by atoms with E-state index < -0.39 is 0 Å². The van der Waals surface area contributed by atoms with Crippen LogP contribution in [0.2, 0.25) is 0 Å². The largest absolute Gasteiger partial charge is 0.508 e. The van der Waals surface area contributed by atoms with Gasteiger partial charge in [-0.15, -0.1) is 0 Å². The predicted molar refractivity (Wildman–Crippen MR) is 66.6 cm³/mol. The Balaban J connectivity index is 1.73. The minimum atomic E-state index is 0.351. The first kappa shape index (κ1) is 11.5. The van der Waals surface area contributed by atoms with Gasteiger partial charge in [-0.05, 0) is 49.4 Å². The van der Waals surface area contributed by atoms with Crippen molar-refractivity contribution in [1.29, 1.82) is 0 Å². The maximum Gasteiger partial charge on any atom is 0.115 e. The van der Waals surface area contributed by atoms with Crippen molar-refractivity contribution in [3.05, 3.63) is 29.8 Å². The van der Waals surface area contributed by atoms with Gasteiger partial charge in [0.05, 0.1) is 0 Å². The maximum atomic E-state index is 9.19. The van der Waals surface area contributed by atoms with Crippen LogP contribution in [0.5, 0.6) is 5.75 Å². The van der Waals surface area contributed by atoms with E-state index in [1.54, 1.807) is 12.1 Å². The monoisotopic (exact) mass is 219 g/mol. The molecule has 2 N–H and O–H groups in total. The minimum absolute atomic E-state index is 0.351. The first-order valence-corrected chi connectivity index (χ1v) is 6.25. The molecule has 0 radical (unpaired) electrons. The van der Waals surface area contributed by atoms with Crippen LogP contribution < -0.4 is 5.32 Å². The topological polar surface area (TPSA) is 32.3 Å². The average Bonchev–Trinajstić information content (AvgIpc) is 2.19. The van der Waals surface area contributed by atoms with Crippen LogP contribution in [-0.4, -0.2) is 17.7 Å². The highest BCUT2D eigenvalue weighted by molar-refractivity contribution is 5.26. The summed E-state index contributed by atoms with van der Waals surface area (Å²) in [6.45, 7) is 3.38. The third kappa shape index (κ3) is 3.24. The summed E-state index contributed by atoms with van der Waals surface area (Å²) >= 11 is 0. The lowest BCUT2D eigenvalue weighted by atomic mass is 9.92. The molecule has 2 rings (SSSR count). The van der Waals surface area contributed by atoms with Crippen molar-refractivity contribution in [2.24, 2.45) is 5.92 Å². The number of aromatic hydroxyl groups is 1. The lowest BCUT2D eigenvalue weighted by molar-refractivity contribution is 0.320. The van der Waals surface area contributed by atoms with Crippen molar-refractivity contribution >= 4 is 0 Å². The Morgan fingerprint density at radius 2 is 2.00 bits per heavy atom. The SMILES string of the molecule is CC(CNC1CCC1)Cc1ccc(O)cc1. The summed E-state index contributed by atoms with van der Waals surface area (Å²) in [5, 5.41) is 12.8. The molecule has 1 unspecified atom stereocenters. The molecule has 0 spiro atoms. The highest BCUT2D eigenvalue weighted by Crippen LogP contribution is 2.19. The molecule has 0 aromatic heterocycles. The van der Waals surface area contributed by atoms with Crippen LogP contribution in [-0.2, 0) is 6.42 Å². The van der Waals surface area contributed by atoms with E-state index in [4.69, 9.17) is 0 Å². The van der Waals surface area contributed by atoms with Crippen LogP contribution in [0.15, 0.2) is 24.3 Å². The number of phenols is 1. The van der Waals surface area contributed by atoms with Crippen LogP contribution in [0.3, 0.4) is 0 Å². The highest BCUT2D eigenvalue weighted by Gasteiger charge is 2.17. The predicted octanol–water partition coefficient (Wildman–Crippen LogP) is 2.71. The first-order valence-electron chi connectivity index (χ1n) is 6.25. The number of hydrogen-bond donors (Lipinski definition) is 2. The number of phenolic OH excluding ortho intramolecular Hbond substituents is 1. The summed E-state index contributed by atoms with van der Waals surface area (Å²) in [6, 6.07) is 8.33. The molecular weight excluding hydrogens is 198 g/mol. The summed E-state index contributed by atoms with van der Waals surface area (Å²) in [5.41, 5.74) is 1.31. The summed E-state index contributed by atoms with van der Waals surface area (Å²) in [7, 11) is 0. The Bertz CT molecular complexity index is 316. The molecular formula is C14H21NO. The summed E-state index contributed by atoms with van der Waals surface area (Å²) in [4.78, 5) is 0. The fourth-order valence-corrected chi connectivity index (χ4v) is 2.09. The number of rotatable bonds is 5. The molecule has 0 amide bonds. The zero-order chi connectivity index (χ0) is 11.4. The third-order valence-corrected chi connectivity index (χ3v) is 3.38. The van der Waals surface area contributed by atoms with Crippen molar-refractivity contribution < 1.29 is 5.11 Å². The Morgan fingerprint density at radius 3 is 2.56 bits per heavy atom. The fraction of sp³-hybridized carbons (Fsp3) is 0.571. The Morgan fingerprint density at radius 1 is 1.31 bits per heavy atom. The molecule has 0 aliphatic heterocycles. The molecule has 0 saturated heterocycles. The van der Waals surface area contributed by atoms with E-state index >= 15 is 0 Å². The van der Waals surface area contributed by atoms with Gasteiger partial charge in [0.2, 0.25) is 0 Å². The van der Waals surface area contributed by atoms with Gasteiger partial charge < -0.3 is 10.4 Å². The van der Waals surface area contributed by atoms with Crippen molar-refractivity contribution in [2.45, 2.75) is 38.6 Å². The summed E-state index contributed by atoms with van der Waals surface area (Å²) in [6.07, 6.45) is 5.18. The van der Waals surface area contributed by atoms with E-state index in [1.165, 1.54) is 24.8 Å². The molecule has 88 valence electrons. The molecule has 1 fully saturated rings. The van der Waals surface area contributed by atoms with Crippen LogP contribution >= 0.6 is 0 Å². The number of benzene rings is 1. The van der Waals surface area contributed by atoms with Gasteiger partial charge in [0.15, 0.2) is 0 Å². The van der Waals surface area contributed by atoms with Gasteiger partial charge in [-0.2, -0.15) is 0 Å². The van der Waals surface area contributed by atoms with E-state index in [-0.39, 0.29) is 0 Å². The molecule has 0 heterocycles. The summed E-state index contributed by atoms with van der Waals surface area (Å²) in [5.74, 6) is 1.01. The molecule has 1 saturated carbocycles. The van der Waals surface area contributed by atoms with Crippen molar-refractivity contribution in [1.82, 2.24) is 5.32 Å². The van der Waals surface area contributed by atoms with Gasteiger partial charge in [0.25, 0.3) is 0 Å². The third-order valence-electron chi connectivity index (χ3n) is 3.38. The Kier molecular flexibility index (Phi) is 3.83. The molecule has 1 aliphatic rings. The van der Waals surface area contributed by atoms with E-state index in [0.29, 0.717) is 11.7 Å². The van der Waals surface area contributed by atoms with Crippen LogP contribution in [0.25, 0.3) is 0 Å². The highest BCUT2D eigenvalue weighted by atomic mass is 16.3. The smallest absolute Gasteiger partial charge is 0.115 e. The van der Waals surface area contributed by atoms with Crippen molar-refractivity contribution in [3.63, 3.8) is 0 Å². The summed E-state index contributed by atoms with van der Waals surface area (Å²) < 4.78 is 0. The molecule has 1 aromatic rings. The zero-order valence-corrected chi connectivity index (χ0v) is 9.95. The second-order valence-electron chi connectivity index (χ2n) is 5.01. The number of nitrogens with one attached hydrogen (secondary N) is 1. The van der Waals surface area contributed by atoms with Gasteiger partial charge in [0, 0.05) is 6.04 Å². The van der Waals surface area contributed by atoms with Gasteiger partial charge in [-0.25, -0.2) is 0 Å². The average molecular weight is 219 g/mol. The van der Waals surface area contributed by atoms with Gasteiger partial charge >= 0.3 is 0 Å². The molecule has 1 aromatic carbocycles. The van der Waals surface area contributed by atoms with Crippen LogP contribution in [0.1, 0.15) is 31.7 Å². The quantitative estimate of drug-likeness (QED) is 0.798. The first-order chi connectivity index (χ1) is 7.74.